The second kappa shape index (κ2) is 7.92. The van der Waals surface area contributed by atoms with Crippen LogP contribution in [-0.2, 0) is 17.8 Å². The van der Waals surface area contributed by atoms with Gasteiger partial charge in [0.05, 0.1) is 19.4 Å². The van der Waals surface area contributed by atoms with Gasteiger partial charge >= 0.3 is 0 Å². The standard InChI is InChI=1S/C21H22N4O4/c1-4-5-15-10-17(24-29-15)16-11-19(26)25-21(22-16)20(18(23-25)12-27-2)13-6-8-14(28-3)9-7-13/h6-11,23H,4-5,12H2,1-3H3. The third-order valence-corrected chi connectivity index (χ3v) is 4.68. The van der Waals surface area contributed by atoms with E-state index >= 15 is 0 Å². The summed E-state index contributed by atoms with van der Waals surface area (Å²) in [6.45, 7) is 2.38. The van der Waals surface area contributed by atoms with Crippen LogP contribution in [0.15, 0.2) is 45.7 Å². The molecule has 0 spiro atoms. The first-order valence-electron chi connectivity index (χ1n) is 9.38. The second-order valence-corrected chi connectivity index (χ2v) is 6.69. The van der Waals surface area contributed by atoms with Gasteiger partial charge in [0.25, 0.3) is 5.56 Å². The lowest BCUT2D eigenvalue weighted by molar-refractivity contribution is 0.181. The normalized spacial score (nSPS) is 11.3. The van der Waals surface area contributed by atoms with E-state index in [9.17, 15) is 4.79 Å². The van der Waals surface area contributed by atoms with Gasteiger partial charge in [0.15, 0.2) is 5.65 Å². The quantitative estimate of drug-likeness (QED) is 0.516. The molecule has 0 atom stereocenters. The lowest BCUT2D eigenvalue weighted by Gasteiger charge is -2.05. The summed E-state index contributed by atoms with van der Waals surface area (Å²) in [5, 5.41) is 7.19. The van der Waals surface area contributed by atoms with Crippen molar-refractivity contribution in [2.75, 3.05) is 14.2 Å². The number of aromatic amines is 1. The van der Waals surface area contributed by atoms with Crippen LogP contribution < -0.4 is 10.3 Å². The van der Waals surface area contributed by atoms with Crippen LogP contribution in [0, 0.1) is 0 Å². The van der Waals surface area contributed by atoms with Crippen LogP contribution in [0.5, 0.6) is 5.75 Å². The van der Waals surface area contributed by atoms with Crippen molar-refractivity contribution in [3.05, 3.63) is 58.2 Å². The first-order valence-corrected chi connectivity index (χ1v) is 9.38. The van der Waals surface area contributed by atoms with E-state index in [-0.39, 0.29) is 5.56 Å². The lowest BCUT2D eigenvalue weighted by Crippen LogP contribution is -2.14. The molecule has 0 bridgehead atoms. The molecule has 0 radical (unpaired) electrons. The Balaban J connectivity index is 1.90. The fourth-order valence-electron chi connectivity index (χ4n) is 3.32. The van der Waals surface area contributed by atoms with Crippen molar-refractivity contribution in [3.8, 4) is 28.3 Å². The molecule has 0 aliphatic rings. The third-order valence-electron chi connectivity index (χ3n) is 4.68. The fraction of sp³-hybridized carbons (Fsp3) is 0.286. The summed E-state index contributed by atoms with van der Waals surface area (Å²) in [5.74, 6) is 1.52. The summed E-state index contributed by atoms with van der Waals surface area (Å²) in [4.78, 5) is 17.5. The summed E-state index contributed by atoms with van der Waals surface area (Å²) in [7, 11) is 3.23. The van der Waals surface area contributed by atoms with Crippen LogP contribution in [0.2, 0.25) is 0 Å². The zero-order valence-electron chi connectivity index (χ0n) is 16.6. The highest BCUT2D eigenvalue weighted by Crippen LogP contribution is 2.30. The van der Waals surface area contributed by atoms with Gasteiger partial charge in [0.1, 0.15) is 22.9 Å². The Hall–Kier alpha value is -3.39. The molecule has 0 saturated heterocycles. The first-order chi connectivity index (χ1) is 14.1. The maximum Gasteiger partial charge on any atom is 0.273 e. The number of benzene rings is 1. The number of nitrogens with zero attached hydrogens (tertiary/aromatic N) is 3. The fourth-order valence-corrected chi connectivity index (χ4v) is 3.32. The molecule has 8 nitrogen and oxygen atoms in total. The topological polar surface area (TPSA) is 94.7 Å². The average molecular weight is 394 g/mol. The highest BCUT2D eigenvalue weighted by atomic mass is 16.5. The van der Waals surface area contributed by atoms with E-state index < -0.39 is 0 Å². The molecule has 29 heavy (non-hydrogen) atoms. The monoisotopic (exact) mass is 394 g/mol. The first kappa shape index (κ1) is 18.9. The molecule has 4 rings (SSSR count). The minimum absolute atomic E-state index is 0.234. The molecule has 0 saturated carbocycles. The van der Waals surface area contributed by atoms with E-state index in [0.717, 1.165) is 41.2 Å². The van der Waals surface area contributed by atoms with Crippen LogP contribution in [0.25, 0.3) is 28.2 Å². The summed E-state index contributed by atoms with van der Waals surface area (Å²) in [6.07, 6.45) is 1.73. The highest BCUT2D eigenvalue weighted by molar-refractivity contribution is 5.81. The molecule has 1 aromatic carbocycles. The van der Waals surface area contributed by atoms with Gasteiger partial charge < -0.3 is 14.0 Å². The van der Waals surface area contributed by atoms with Crippen molar-refractivity contribution in [3.63, 3.8) is 0 Å². The van der Waals surface area contributed by atoms with E-state index in [1.165, 1.54) is 10.6 Å². The predicted octanol–water partition coefficient (Wildman–Crippen LogP) is 3.45. The molecule has 0 amide bonds. The van der Waals surface area contributed by atoms with Crippen molar-refractivity contribution < 1.29 is 14.0 Å². The predicted molar refractivity (Wildman–Crippen MR) is 108 cm³/mol. The van der Waals surface area contributed by atoms with Crippen LogP contribution in [0.3, 0.4) is 0 Å². The maximum atomic E-state index is 12.8. The van der Waals surface area contributed by atoms with Gasteiger partial charge in [0, 0.05) is 31.2 Å². The van der Waals surface area contributed by atoms with Gasteiger partial charge in [0.2, 0.25) is 0 Å². The summed E-state index contributed by atoms with van der Waals surface area (Å²) >= 11 is 0. The summed E-state index contributed by atoms with van der Waals surface area (Å²) in [5.41, 5.74) is 3.73. The Morgan fingerprint density at radius 2 is 1.93 bits per heavy atom. The number of methoxy groups -OCH3 is 2. The van der Waals surface area contributed by atoms with Gasteiger partial charge in [-0.1, -0.05) is 24.2 Å². The van der Waals surface area contributed by atoms with Gasteiger partial charge in [-0.3, -0.25) is 9.89 Å². The van der Waals surface area contributed by atoms with Crippen molar-refractivity contribution in [1.82, 2.24) is 19.8 Å². The SMILES string of the molecule is CCCc1cc(-c2cc(=O)n3[nH]c(COC)c(-c4ccc(OC)cc4)c3n2)no1. The number of rotatable bonds is 7. The lowest BCUT2D eigenvalue weighted by atomic mass is 10.1. The van der Waals surface area contributed by atoms with Crippen LogP contribution in [0.4, 0.5) is 0 Å². The Morgan fingerprint density at radius 1 is 1.14 bits per heavy atom. The van der Waals surface area contributed by atoms with Gasteiger partial charge in [-0.05, 0) is 24.1 Å². The van der Waals surface area contributed by atoms with Gasteiger partial charge in [-0.25, -0.2) is 9.50 Å². The molecule has 3 aromatic heterocycles. The Kier molecular flexibility index (Phi) is 5.18. The van der Waals surface area contributed by atoms with Gasteiger partial charge in [-0.15, -0.1) is 0 Å². The number of hydrogen-bond acceptors (Lipinski definition) is 6. The van der Waals surface area contributed by atoms with Crippen molar-refractivity contribution in [1.29, 1.82) is 0 Å². The average Bonchev–Trinajstić information content (AvgIpc) is 3.34. The zero-order valence-corrected chi connectivity index (χ0v) is 16.6. The highest BCUT2D eigenvalue weighted by Gasteiger charge is 2.19. The smallest absolute Gasteiger partial charge is 0.273 e. The number of hydrogen-bond donors (Lipinski definition) is 1. The van der Waals surface area contributed by atoms with E-state index in [4.69, 9.17) is 19.0 Å². The number of aromatic nitrogens is 4. The molecule has 8 heteroatoms. The molecule has 0 aliphatic carbocycles. The van der Waals surface area contributed by atoms with Crippen LogP contribution in [-0.4, -0.2) is 34.0 Å². The molecule has 3 heterocycles. The largest absolute Gasteiger partial charge is 0.497 e. The number of H-pyrrole nitrogens is 1. The van der Waals surface area contributed by atoms with Crippen molar-refractivity contribution in [2.45, 2.75) is 26.4 Å². The van der Waals surface area contributed by atoms with E-state index in [1.807, 2.05) is 30.3 Å². The molecule has 150 valence electrons. The maximum absolute atomic E-state index is 12.8. The van der Waals surface area contributed by atoms with Crippen molar-refractivity contribution in [2.24, 2.45) is 0 Å². The molecule has 4 aromatic rings. The number of fused-ring (bicyclic) bond motifs is 1. The molecule has 1 N–H and O–H groups in total. The van der Waals surface area contributed by atoms with Gasteiger partial charge in [-0.2, -0.15) is 0 Å². The van der Waals surface area contributed by atoms with E-state index in [2.05, 4.69) is 17.2 Å². The minimum atomic E-state index is -0.234. The Bertz CT molecular complexity index is 1190. The summed E-state index contributed by atoms with van der Waals surface area (Å²) < 4.78 is 17.3. The second-order valence-electron chi connectivity index (χ2n) is 6.69. The molecule has 0 unspecified atom stereocenters. The number of ether oxygens (including phenoxy) is 2. The molecular weight excluding hydrogens is 372 g/mol. The Morgan fingerprint density at radius 3 is 2.62 bits per heavy atom. The zero-order chi connectivity index (χ0) is 20.4. The third kappa shape index (κ3) is 3.54. The number of nitrogens with one attached hydrogen (secondary N) is 1. The Labute approximate surface area is 167 Å². The molecular formula is C21H22N4O4. The van der Waals surface area contributed by atoms with E-state index in [0.29, 0.717) is 23.6 Å². The van der Waals surface area contributed by atoms with Crippen LogP contribution >= 0.6 is 0 Å². The van der Waals surface area contributed by atoms with Crippen LogP contribution in [0.1, 0.15) is 24.8 Å². The molecule has 0 aliphatic heterocycles. The van der Waals surface area contributed by atoms with Crippen molar-refractivity contribution >= 4 is 5.65 Å². The minimum Gasteiger partial charge on any atom is -0.497 e. The number of aryl methyl sites for hydroxylation is 1. The summed E-state index contributed by atoms with van der Waals surface area (Å²) in [6, 6.07) is 10.9. The van der Waals surface area contributed by atoms with E-state index in [1.54, 1.807) is 14.2 Å². The molecule has 0 fully saturated rings.